The third kappa shape index (κ3) is 1.17. The summed E-state index contributed by atoms with van der Waals surface area (Å²) in [5.41, 5.74) is 0.381. The lowest BCUT2D eigenvalue weighted by Gasteiger charge is -2.35. The number of hydrogen-bond acceptors (Lipinski definition) is 4. The van der Waals surface area contributed by atoms with Crippen LogP contribution in [0.25, 0.3) is 0 Å². The van der Waals surface area contributed by atoms with Crippen LogP contribution in [0.1, 0.15) is 51.4 Å². The first-order chi connectivity index (χ1) is 9.33. The maximum absolute atomic E-state index is 6.01. The van der Waals surface area contributed by atoms with Crippen molar-refractivity contribution >= 4 is 0 Å². The van der Waals surface area contributed by atoms with Crippen LogP contribution in [0.2, 0.25) is 0 Å². The summed E-state index contributed by atoms with van der Waals surface area (Å²) < 4.78 is 12.0. The summed E-state index contributed by atoms with van der Waals surface area (Å²) in [6.07, 6.45) is 10.2. The molecule has 2 aliphatic carbocycles. The first-order valence-corrected chi connectivity index (χ1v) is 7.70. The zero-order valence-corrected chi connectivity index (χ0v) is 11.3. The van der Waals surface area contributed by atoms with Gasteiger partial charge in [-0.2, -0.15) is 0 Å². The van der Waals surface area contributed by atoms with Crippen LogP contribution in [-0.2, 0) is 9.47 Å². The van der Waals surface area contributed by atoms with E-state index >= 15 is 0 Å². The number of ether oxygens (including phenoxy) is 2. The van der Waals surface area contributed by atoms with Gasteiger partial charge in [0.2, 0.25) is 6.67 Å². The maximum Gasteiger partial charge on any atom is 0.254 e. The molecule has 0 bridgehead atoms. The van der Waals surface area contributed by atoms with Gasteiger partial charge < -0.3 is 9.47 Å². The van der Waals surface area contributed by atoms with E-state index < -0.39 is 0 Å². The Kier molecular flexibility index (Phi) is 1.88. The highest BCUT2D eigenvalue weighted by molar-refractivity contribution is 5.27. The van der Waals surface area contributed by atoms with Crippen LogP contribution < -0.4 is 0 Å². The molecule has 0 aromatic rings. The van der Waals surface area contributed by atoms with Gasteiger partial charge in [-0.3, -0.25) is 9.80 Å². The van der Waals surface area contributed by atoms with E-state index in [0.29, 0.717) is 0 Å². The van der Waals surface area contributed by atoms with Crippen LogP contribution in [0.5, 0.6) is 0 Å². The van der Waals surface area contributed by atoms with Crippen LogP contribution in [0.15, 0.2) is 11.8 Å². The minimum atomic E-state index is 0.190. The van der Waals surface area contributed by atoms with E-state index in [1.54, 1.807) is 0 Å². The Morgan fingerprint density at radius 1 is 0.737 bits per heavy atom. The van der Waals surface area contributed by atoms with Gasteiger partial charge in [0, 0.05) is 0 Å². The minimum Gasteiger partial charge on any atom is -0.473 e. The molecule has 2 saturated carbocycles. The molecule has 3 heterocycles. The summed E-state index contributed by atoms with van der Waals surface area (Å²) in [6, 6.07) is 0. The molecule has 0 N–H and O–H groups in total. The number of rotatable bonds is 0. The van der Waals surface area contributed by atoms with E-state index in [2.05, 4.69) is 16.5 Å². The lowest BCUT2D eigenvalue weighted by atomic mass is 9.97. The highest BCUT2D eigenvalue weighted by atomic mass is 16.6. The van der Waals surface area contributed by atoms with Gasteiger partial charge in [-0.25, -0.2) is 0 Å². The van der Waals surface area contributed by atoms with Crippen molar-refractivity contribution in [3.63, 3.8) is 0 Å². The lowest BCUT2D eigenvalue weighted by molar-refractivity contribution is 0.135. The van der Waals surface area contributed by atoms with Gasteiger partial charge in [-0.15, -0.1) is 0 Å². The number of fused-ring (bicyclic) bond motifs is 4. The third-order valence-corrected chi connectivity index (χ3v) is 5.76. The van der Waals surface area contributed by atoms with Gasteiger partial charge in [0.15, 0.2) is 0 Å². The van der Waals surface area contributed by atoms with E-state index in [-0.39, 0.29) is 11.1 Å². The SMILES string of the molecule is [C]1N2C(=C3OCC4(CCCC4)N13)OCC21CCCC1. The Labute approximate surface area is 114 Å². The Morgan fingerprint density at radius 2 is 1.16 bits per heavy atom. The first kappa shape index (κ1) is 10.7. The average Bonchev–Trinajstić information content (AvgIpc) is 3.17. The van der Waals surface area contributed by atoms with Crippen molar-refractivity contribution in [3.05, 3.63) is 18.4 Å². The molecule has 3 aliphatic heterocycles. The van der Waals surface area contributed by atoms with Gasteiger partial charge in [0.05, 0.1) is 11.1 Å². The van der Waals surface area contributed by atoms with E-state index in [4.69, 9.17) is 9.47 Å². The molecule has 5 aliphatic rings. The molecule has 2 radical (unpaired) electrons. The van der Waals surface area contributed by atoms with Crippen LogP contribution in [0, 0.1) is 6.67 Å². The van der Waals surface area contributed by atoms with Crippen molar-refractivity contribution < 1.29 is 9.47 Å². The Bertz CT molecular complexity index is 407. The maximum atomic E-state index is 6.01. The molecule has 4 nitrogen and oxygen atoms in total. The molecule has 102 valence electrons. The van der Waals surface area contributed by atoms with Crippen molar-refractivity contribution in [2.24, 2.45) is 0 Å². The van der Waals surface area contributed by atoms with E-state index in [0.717, 1.165) is 25.0 Å². The van der Waals surface area contributed by atoms with Crippen LogP contribution in [0.4, 0.5) is 0 Å². The second kappa shape index (κ2) is 3.33. The van der Waals surface area contributed by atoms with Gasteiger partial charge >= 0.3 is 0 Å². The molecule has 5 rings (SSSR count). The first-order valence-electron chi connectivity index (χ1n) is 7.70. The second-order valence-electron chi connectivity index (χ2n) is 6.82. The summed E-state index contributed by atoms with van der Waals surface area (Å²) in [5, 5.41) is 0. The third-order valence-electron chi connectivity index (χ3n) is 5.76. The zero-order valence-electron chi connectivity index (χ0n) is 11.3. The van der Waals surface area contributed by atoms with Crippen molar-refractivity contribution in [1.82, 2.24) is 9.80 Å². The van der Waals surface area contributed by atoms with Gasteiger partial charge in [0.25, 0.3) is 11.8 Å². The highest BCUT2D eigenvalue weighted by Crippen LogP contribution is 2.54. The average molecular weight is 260 g/mol. The summed E-state index contributed by atoms with van der Waals surface area (Å²) in [4.78, 5) is 4.57. The smallest absolute Gasteiger partial charge is 0.254 e. The van der Waals surface area contributed by atoms with Gasteiger partial charge in [-0.05, 0) is 25.7 Å². The lowest BCUT2D eigenvalue weighted by Crippen LogP contribution is -2.46. The molecule has 19 heavy (non-hydrogen) atoms. The second-order valence-corrected chi connectivity index (χ2v) is 6.82. The van der Waals surface area contributed by atoms with E-state index in [1.807, 2.05) is 0 Å². The summed E-state index contributed by atoms with van der Waals surface area (Å²) in [5.74, 6) is 1.90. The Hall–Kier alpha value is -1.06. The predicted octanol–water partition coefficient (Wildman–Crippen LogP) is 2.41. The highest BCUT2D eigenvalue weighted by Gasteiger charge is 2.60. The zero-order chi connectivity index (χ0) is 12.5. The quantitative estimate of drug-likeness (QED) is 0.668. The van der Waals surface area contributed by atoms with Crippen molar-refractivity contribution in [1.29, 1.82) is 0 Å². The molecular weight excluding hydrogens is 240 g/mol. The molecule has 0 atom stereocenters. The largest absolute Gasteiger partial charge is 0.473 e. The summed E-state index contributed by atoms with van der Waals surface area (Å²) in [7, 11) is 0. The van der Waals surface area contributed by atoms with E-state index in [9.17, 15) is 0 Å². The molecule has 4 fully saturated rings. The monoisotopic (exact) mass is 260 g/mol. The molecule has 2 spiro atoms. The molecular formula is C15H20N2O2. The summed E-state index contributed by atoms with van der Waals surface area (Å²) in [6.45, 7) is 5.27. The molecule has 0 aromatic carbocycles. The van der Waals surface area contributed by atoms with Crippen molar-refractivity contribution in [3.8, 4) is 0 Å². The van der Waals surface area contributed by atoms with Crippen molar-refractivity contribution in [2.75, 3.05) is 13.2 Å². The standard InChI is InChI=1S/C15H20N2O2/c1-2-6-14(5-1)9-18-12-13-17(11-16(12)14)15(10-19-13)7-3-4-8-15/h1-10H2. The van der Waals surface area contributed by atoms with Crippen molar-refractivity contribution in [2.45, 2.75) is 62.4 Å². The topological polar surface area (TPSA) is 24.9 Å². The minimum absolute atomic E-state index is 0.190. The molecule has 0 unspecified atom stereocenters. The molecule has 4 heteroatoms. The number of nitrogens with zero attached hydrogens (tertiary/aromatic N) is 2. The van der Waals surface area contributed by atoms with Crippen LogP contribution in [-0.4, -0.2) is 34.1 Å². The Balaban J connectivity index is 1.52. The Morgan fingerprint density at radius 3 is 1.58 bits per heavy atom. The molecule has 0 aromatic heterocycles. The normalized spacial score (nSPS) is 33.3. The predicted molar refractivity (Wildman–Crippen MR) is 68.2 cm³/mol. The fourth-order valence-electron chi connectivity index (χ4n) is 4.61. The molecule has 2 saturated heterocycles. The van der Waals surface area contributed by atoms with Gasteiger partial charge in [0.1, 0.15) is 13.2 Å². The van der Waals surface area contributed by atoms with Gasteiger partial charge in [-0.1, -0.05) is 25.7 Å². The van der Waals surface area contributed by atoms with Crippen LogP contribution in [0.3, 0.4) is 0 Å². The van der Waals surface area contributed by atoms with Crippen LogP contribution >= 0.6 is 0 Å². The fraction of sp³-hybridized carbons (Fsp3) is 0.800. The fourth-order valence-corrected chi connectivity index (χ4v) is 4.61. The molecule has 0 amide bonds. The van der Waals surface area contributed by atoms with E-state index in [1.165, 1.54) is 51.4 Å². The summed E-state index contributed by atoms with van der Waals surface area (Å²) >= 11 is 0. The number of hydrogen-bond donors (Lipinski definition) is 0.